The van der Waals surface area contributed by atoms with Gasteiger partial charge in [-0.25, -0.2) is 4.98 Å². The summed E-state index contributed by atoms with van der Waals surface area (Å²) in [5, 5.41) is 0. The molecular formula is C12H22N4O. The van der Waals surface area contributed by atoms with Crippen molar-refractivity contribution in [2.75, 3.05) is 51.3 Å². The van der Waals surface area contributed by atoms with Crippen LogP contribution in [0.3, 0.4) is 0 Å². The molecule has 0 spiro atoms. The molecule has 0 aliphatic carbocycles. The van der Waals surface area contributed by atoms with Gasteiger partial charge in [0.25, 0.3) is 0 Å². The van der Waals surface area contributed by atoms with Crippen molar-refractivity contribution in [3.63, 3.8) is 0 Å². The number of rotatable bonds is 5. The summed E-state index contributed by atoms with van der Waals surface area (Å²) in [6, 6.07) is 0. The summed E-state index contributed by atoms with van der Waals surface area (Å²) in [6.45, 7) is 8.78. The second-order valence-electron chi connectivity index (χ2n) is 4.41. The first kappa shape index (κ1) is 12.4. The van der Waals surface area contributed by atoms with Gasteiger partial charge in [-0.1, -0.05) is 0 Å². The molecule has 96 valence electrons. The third kappa shape index (κ3) is 3.20. The molecule has 1 aliphatic rings. The van der Waals surface area contributed by atoms with E-state index in [9.17, 15) is 0 Å². The molecule has 0 unspecified atom stereocenters. The molecule has 0 aromatic carbocycles. The summed E-state index contributed by atoms with van der Waals surface area (Å²) in [5.74, 6) is 1.08. The van der Waals surface area contributed by atoms with Gasteiger partial charge in [-0.15, -0.1) is 0 Å². The highest BCUT2D eigenvalue weighted by Crippen LogP contribution is 2.13. The zero-order valence-corrected chi connectivity index (χ0v) is 10.8. The zero-order chi connectivity index (χ0) is 12.1. The van der Waals surface area contributed by atoms with E-state index in [2.05, 4.69) is 26.4 Å². The quantitative estimate of drug-likeness (QED) is 0.706. The molecule has 1 saturated heterocycles. The molecule has 1 fully saturated rings. The Bertz CT molecular complexity index is 331. The minimum Gasteiger partial charge on any atom is -0.380 e. The molecule has 0 amide bonds. The first-order valence-corrected chi connectivity index (χ1v) is 6.33. The van der Waals surface area contributed by atoms with Crippen LogP contribution in [-0.4, -0.2) is 60.9 Å². The van der Waals surface area contributed by atoms with E-state index in [0.717, 1.165) is 51.9 Å². The van der Waals surface area contributed by atoms with Crippen LogP contribution in [0, 0.1) is 0 Å². The Hall–Kier alpha value is -1.07. The van der Waals surface area contributed by atoms with E-state index in [1.165, 1.54) is 0 Å². The van der Waals surface area contributed by atoms with Crippen molar-refractivity contribution in [1.29, 1.82) is 0 Å². The van der Waals surface area contributed by atoms with Crippen molar-refractivity contribution in [3.8, 4) is 0 Å². The lowest BCUT2D eigenvalue weighted by atomic mass is 10.3. The molecule has 5 heteroatoms. The topological polar surface area (TPSA) is 33.5 Å². The van der Waals surface area contributed by atoms with Crippen molar-refractivity contribution >= 4 is 5.95 Å². The fraction of sp³-hybridized carbons (Fsp3) is 0.750. The SMILES string of the molecule is CCOCCn1ccnc1N1CCN(C)CC1. The number of aromatic nitrogens is 2. The Morgan fingerprint density at radius 3 is 2.76 bits per heavy atom. The molecule has 1 aromatic rings. The molecule has 1 aliphatic heterocycles. The largest absolute Gasteiger partial charge is 0.380 e. The van der Waals surface area contributed by atoms with Gasteiger partial charge in [0.2, 0.25) is 5.95 Å². The van der Waals surface area contributed by atoms with Gasteiger partial charge in [0, 0.05) is 51.7 Å². The lowest BCUT2D eigenvalue weighted by Crippen LogP contribution is -2.45. The van der Waals surface area contributed by atoms with Gasteiger partial charge in [0.05, 0.1) is 6.61 Å². The second kappa shape index (κ2) is 6.02. The number of anilines is 1. The lowest BCUT2D eigenvalue weighted by Gasteiger charge is -2.33. The third-order valence-corrected chi connectivity index (χ3v) is 3.16. The number of piperazine rings is 1. The van der Waals surface area contributed by atoms with Crippen LogP contribution in [0.2, 0.25) is 0 Å². The molecule has 5 nitrogen and oxygen atoms in total. The molecule has 0 saturated carbocycles. The fourth-order valence-corrected chi connectivity index (χ4v) is 2.07. The molecule has 0 atom stereocenters. The maximum absolute atomic E-state index is 5.39. The van der Waals surface area contributed by atoms with E-state index < -0.39 is 0 Å². The van der Waals surface area contributed by atoms with Crippen LogP contribution < -0.4 is 4.90 Å². The molecule has 0 radical (unpaired) electrons. The van der Waals surface area contributed by atoms with Gasteiger partial charge >= 0.3 is 0 Å². The number of ether oxygens (including phenoxy) is 1. The van der Waals surface area contributed by atoms with E-state index in [-0.39, 0.29) is 0 Å². The van der Waals surface area contributed by atoms with Gasteiger partial charge in [0.1, 0.15) is 0 Å². The Kier molecular flexibility index (Phi) is 4.39. The Morgan fingerprint density at radius 2 is 2.06 bits per heavy atom. The van der Waals surface area contributed by atoms with Crippen LogP contribution >= 0.6 is 0 Å². The van der Waals surface area contributed by atoms with Crippen LogP contribution in [0.4, 0.5) is 5.95 Å². The zero-order valence-electron chi connectivity index (χ0n) is 10.8. The Balaban J connectivity index is 1.93. The molecule has 0 N–H and O–H groups in total. The van der Waals surface area contributed by atoms with Gasteiger partial charge < -0.3 is 19.1 Å². The first-order valence-electron chi connectivity index (χ1n) is 6.33. The van der Waals surface area contributed by atoms with E-state index in [1.54, 1.807) is 0 Å². The standard InChI is InChI=1S/C12H22N4O/c1-3-17-11-10-15-5-4-13-12(15)16-8-6-14(2)7-9-16/h4-5H,3,6-11H2,1-2H3. The summed E-state index contributed by atoms with van der Waals surface area (Å²) < 4.78 is 7.57. The van der Waals surface area contributed by atoms with E-state index in [1.807, 2.05) is 19.3 Å². The van der Waals surface area contributed by atoms with Crippen molar-refractivity contribution < 1.29 is 4.74 Å². The maximum Gasteiger partial charge on any atom is 0.205 e. The monoisotopic (exact) mass is 238 g/mol. The van der Waals surface area contributed by atoms with Gasteiger partial charge in [-0.2, -0.15) is 0 Å². The molecule has 17 heavy (non-hydrogen) atoms. The maximum atomic E-state index is 5.39. The molecule has 2 rings (SSSR count). The summed E-state index contributed by atoms with van der Waals surface area (Å²) in [6.07, 6.45) is 3.91. The Labute approximate surface area is 103 Å². The van der Waals surface area contributed by atoms with Crippen molar-refractivity contribution in [3.05, 3.63) is 12.4 Å². The Morgan fingerprint density at radius 1 is 1.29 bits per heavy atom. The predicted octanol–water partition coefficient (Wildman–Crippen LogP) is 0.671. The van der Waals surface area contributed by atoms with Crippen molar-refractivity contribution in [2.24, 2.45) is 0 Å². The molecular weight excluding hydrogens is 216 g/mol. The molecule has 1 aromatic heterocycles. The van der Waals surface area contributed by atoms with E-state index >= 15 is 0 Å². The number of imidazole rings is 1. The minimum absolute atomic E-state index is 0.758. The van der Waals surface area contributed by atoms with Gasteiger partial charge in [-0.3, -0.25) is 0 Å². The van der Waals surface area contributed by atoms with Gasteiger partial charge in [0.15, 0.2) is 0 Å². The number of likely N-dealkylation sites (N-methyl/N-ethyl adjacent to an activating group) is 1. The number of hydrogen-bond acceptors (Lipinski definition) is 4. The van der Waals surface area contributed by atoms with Crippen LogP contribution in [0.1, 0.15) is 6.92 Å². The summed E-state index contributed by atoms with van der Waals surface area (Å²) in [5.41, 5.74) is 0. The van der Waals surface area contributed by atoms with Crippen molar-refractivity contribution in [2.45, 2.75) is 13.5 Å². The average molecular weight is 238 g/mol. The van der Waals surface area contributed by atoms with E-state index in [0.29, 0.717) is 0 Å². The summed E-state index contributed by atoms with van der Waals surface area (Å²) in [4.78, 5) is 9.16. The predicted molar refractivity (Wildman–Crippen MR) is 68.4 cm³/mol. The van der Waals surface area contributed by atoms with Crippen LogP contribution in [0.15, 0.2) is 12.4 Å². The van der Waals surface area contributed by atoms with Crippen LogP contribution in [-0.2, 0) is 11.3 Å². The first-order chi connectivity index (χ1) is 8.31. The van der Waals surface area contributed by atoms with Gasteiger partial charge in [-0.05, 0) is 14.0 Å². The summed E-state index contributed by atoms with van der Waals surface area (Å²) >= 11 is 0. The third-order valence-electron chi connectivity index (χ3n) is 3.16. The number of nitrogens with zero attached hydrogens (tertiary/aromatic N) is 4. The number of hydrogen-bond donors (Lipinski definition) is 0. The lowest BCUT2D eigenvalue weighted by molar-refractivity contribution is 0.139. The molecule has 0 bridgehead atoms. The van der Waals surface area contributed by atoms with E-state index in [4.69, 9.17) is 4.74 Å². The highest BCUT2D eigenvalue weighted by molar-refractivity contribution is 5.32. The molecule has 2 heterocycles. The van der Waals surface area contributed by atoms with Crippen LogP contribution in [0.25, 0.3) is 0 Å². The normalized spacial score (nSPS) is 17.6. The summed E-state index contributed by atoms with van der Waals surface area (Å²) in [7, 11) is 2.17. The highest BCUT2D eigenvalue weighted by atomic mass is 16.5. The van der Waals surface area contributed by atoms with Crippen molar-refractivity contribution in [1.82, 2.24) is 14.5 Å². The smallest absolute Gasteiger partial charge is 0.205 e. The average Bonchev–Trinajstić information content (AvgIpc) is 2.79. The van der Waals surface area contributed by atoms with Crippen LogP contribution in [0.5, 0.6) is 0 Å². The minimum atomic E-state index is 0.758. The highest BCUT2D eigenvalue weighted by Gasteiger charge is 2.17. The second-order valence-corrected chi connectivity index (χ2v) is 4.41. The fourth-order valence-electron chi connectivity index (χ4n) is 2.07.